The van der Waals surface area contributed by atoms with Crippen molar-refractivity contribution in [2.24, 2.45) is 7.05 Å². The van der Waals surface area contributed by atoms with Crippen LogP contribution in [0.3, 0.4) is 0 Å². The molecule has 5 rings (SSSR count). The summed E-state index contributed by atoms with van der Waals surface area (Å²) in [4.78, 5) is 21.7. The molecule has 0 radical (unpaired) electrons. The third-order valence-electron chi connectivity index (χ3n) is 6.16. The van der Waals surface area contributed by atoms with E-state index in [9.17, 15) is 23.1 Å². The third-order valence-corrected chi connectivity index (χ3v) is 6.40. The average molecular weight is 529 g/mol. The zero-order valence-corrected chi connectivity index (χ0v) is 20.3. The van der Waals surface area contributed by atoms with Crippen molar-refractivity contribution in [1.29, 1.82) is 0 Å². The number of pyridine rings is 1. The fourth-order valence-corrected chi connectivity index (χ4v) is 4.39. The third kappa shape index (κ3) is 5.03. The SMILES string of the molecule is Cn1c(CN2CC=C(c3cc(COc4ccc(Cl)cc4F)ncc3F)C2)nc2c(F)cc(C(=O)O)cc21. The smallest absolute Gasteiger partial charge is 0.335 e. The molecule has 7 nitrogen and oxygen atoms in total. The lowest BCUT2D eigenvalue weighted by molar-refractivity contribution is 0.0696. The van der Waals surface area contributed by atoms with Crippen molar-refractivity contribution >= 4 is 34.2 Å². The van der Waals surface area contributed by atoms with Gasteiger partial charge in [-0.2, -0.15) is 0 Å². The lowest BCUT2D eigenvalue weighted by atomic mass is 10.1. The van der Waals surface area contributed by atoms with Crippen LogP contribution in [-0.2, 0) is 20.2 Å². The van der Waals surface area contributed by atoms with Gasteiger partial charge in [-0.1, -0.05) is 17.7 Å². The first-order valence-electron chi connectivity index (χ1n) is 11.2. The molecule has 37 heavy (non-hydrogen) atoms. The molecule has 0 fully saturated rings. The Balaban J connectivity index is 1.30. The van der Waals surface area contributed by atoms with Gasteiger partial charge in [0.15, 0.2) is 17.4 Å². The van der Waals surface area contributed by atoms with Gasteiger partial charge in [0.25, 0.3) is 0 Å². The summed E-state index contributed by atoms with van der Waals surface area (Å²) in [6.45, 7) is 1.18. The van der Waals surface area contributed by atoms with Crippen LogP contribution in [-0.4, -0.2) is 43.6 Å². The number of benzene rings is 2. The van der Waals surface area contributed by atoms with Crippen LogP contribution in [0.1, 0.15) is 27.4 Å². The van der Waals surface area contributed by atoms with Crippen molar-refractivity contribution in [3.05, 3.63) is 93.8 Å². The maximum Gasteiger partial charge on any atom is 0.335 e. The molecule has 190 valence electrons. The molecule has 4 aromatic rings. The topological polar surface area (TPSA) is 80.5 Å². The first-order chi connectivity index (χ1) is 17.7. The molecule has 0 amide bonds. The molecule has 1 N–H and O–H groups in total. The van der Waals surface area contributed by atoms with Crippen LogP contribution in [0, 0.1) is 17.5 Å². The summed E-state index contributed by atoms with van der Waals surface area (Å²) in [5.74, 6) is -2.48. The number of aryl methyl sites for hydroxylation is 1. The Morgan fingerprint density at radius 3 is 2.70 bits per heavy atom. The fourth-order valence-electron chi connectivity index (χ4n) is 4.23. The summed E-state index contributed by atoms with van der Waals surface area (Å²) < 4.78 is 50.2. The van der Waals surface area contributed by atoms with Crippen LogP contribution in [0.15, 0.2) is 48.7 Å². The summed E-state index contributed by atoms with van der Waals surface area (Å²) in [6, 6.07) is 7.96. The van der Waals surface area contributed by atoms with Crippen molar-refractivity contribution in [2.75, 3.05) is 13.1 Å². The summed E-state index contributed by atoms with van der Waals surface area (Å²) in [7, 11) is 1.69. The molecule has 0 saturated carbocycles. The van der Waals surface area contributed by atoms with Crippen LogP contribution >= 0.6 is 11.6 Å². The second-order valence-electron chi connectivity index (χ2n) is 8.64. The second-order valence-corrected chi connectivity index (χ2v) is 9.07. The first kappa shape index (κ1) is 24.8. The van der Waals surface area contributed by atoms with E-state index in [1.807, 2.05) is 11.0 Å². The van der Waals surface area contributed by atoms with E-state index in [1.165, 1.54) is 18.2 Å². The monoisotopic (exact) mass is 528 g/mol. The Morgan fingerprint density at radius 1 is 1.14 bits per heavy atom. The van der Waals surface area contributed by atoms with Crippen molar-refractivity contribution in [3.8, 4) is 5.75 Å². The minimum Gasteiger partial charge on any atom is -0.484 e. The number of aromatic nitrogens is 3. The zero-order chi connectivity index (χ0) is 26.3. The van der Waals surface area contributed by atoms with E-state index >= 15 is 0 Å². The van der Waals surface area contributed by atoms with E-state index in [-0.39, 0.29) is 28.5 Å². The highest BCUT2D eigenvalue weighted by Crippen LogP contribution is 2.27. The fraction of sp³-hybridized carbons (Fsp3) is 0.192. The molecule has 3 heterocycles. The highest BCUT2D eigenvalue weighted by molar-refractivity contribution is 6.30. The predicted octanol–water partition coefficient (Wildman–Crippen LogP) is 5.22. The van der Waals surface area contributed by atoms with Gasteiger partial charge in [-0.15, -0.1) is 0 Å². The molecule has 0 bridgehead atoms. The van der Waals surface area contributed by atoms with Gasteiger partial charge in [-0.3, -0.25) is 9.88 Å². The van der Waals surface area contributed by atoms with Gasteiger partial charge in [0.1, 0.15) is 23.8 Å². The number of nitrogens with zero attached hydrogens (tertiary/aromatic N) is 4. The van der Waals surface area contributed by atoms with Gasteiger partial charge in [0.05, 0.1) is 29.5 Å². The number of carbonyl (C=O) groups is 1. The molecule has 0 aliphatic carbocycles. The Kier molecular flexibility index (Phi) is 6.61. The van der Waals surface area contributed by atoms with Gasteiger partial charge in [0.2, 0.25) is 0 Å². The van der Waals surface area contributed by atoms with E-state index in [4.69, 9.17) is 16.3 Å². The maximum absolute atomic E-state index is 14.7. The molecule has 0 atom stereocenters. The number of rotatable bonds is 7. The number of carboxylic acids is 1. The Bertz CT molecular complexity index is 1570. The molecule has 1 aliphatic rings. The maximum atomic E-state index is 14.7. The number of fused-ring (bicyclic) bond motifs is 1. The van der Waals surface area contributed by atoms with Crippen LogP contribution in [0.5, 0.6) is 5.75 Å². The van der Waals surface area contributed by atoms with Gasteiger partial charge in [-0.05, 0) is 42.0 Å². The standard InChI is InChI=1S/C26H20ClF3N4O3/c1-33-22-7-15(26(35)36)6-20(29)25(22)32-24(33)12-34-5-4-14(11-34)18-9-17(31-10-21(18)30)13-37-23-3-2-16(27)8-19(23)28/h2-4,6-10H,5,11-13H2,1H3,(H,35,36). The molecule has 0 unspecified atom stereocenters. The summed E-state index contributed by atoms with van der Waals surface area (Å²) in [5, 5.41) is 9.46. The van der Waals surface area contributed by atoms with Crippen LogP contribution < -0.4 is 4.74 Å². The summed E-state index contributed by atoms with van der Waals surface area (Å²) in [6.07, 6.45) is 2.98. The van der Waals surface area contributed by atoms with Gasteiger partial charge in [-0.25, -0.2) is 22.9 Å². The van der Waals surface area contributed by atoms with Crippen molar-refractivity contribution in [2.45, 2.75) is 13.2 Å². The first-order valence-corrected chi connectivity index (χ1v) is 11.6. The molecule has 11 heteroatoms. The quantitative estimate of drug-likeness (QED) is 0.354. The number of aromatic carboxylic acids is 1. The van der Waals surface area contributed by atoms with Gasteiger partial charge in [0, 0.05) is 30.7 Å². The number of ether oxygens (including phenoxy) is 1. The van der Waals surface area contributed by atoms with E-state index < -0.39 is 23.4 Å². The summed E-state index contributed by atoms with van der Waals surface area (Å²) in [5.41, 5.74) is 1.83. The van der Waals surface area contributed by atoms with Crippen LogP contribution in [0.25, 0.3) is 16.6 Å². The van der Waals surface area contributed by atoms with Crippen LogP contribution in [0.4, 0.5) is 13.2 Å². The highest BCUT2D eigenvalue weighted by Gasteiger charge is 2.22. The number of carboxylic acid groups (broad SMARTS) is 1. The number of hydrogen-bond donors (Lipinski definition) is 1. The Labute approximate surface area is 214 Å². The lowest BCUT2D eigenvalue weighted by Gasteiger charge is -2.16. The lowest BCUT2D eigenvalue weighted by Crippen LogP contribution is -2.22. The minimum absolute atomic E-state index is 0.0118. The molecule has 0 spiro atoms. The molecule has 2 aromatic heterocycles. The normalized spacial score (nSPS) is 13.8. The molecule has 1 aliphatic heterocycles. The van der Waals surface area contributed by atoms with E-state index in [1.54, 1.807) is 17.7 Å². The van der Waals surface area contributed by atoms with Gasteiger partial charge < -0.3 is 14.4 Å². The average Bonchev–Trinajstić information content (AvgIpc) is 3.44. The largest absolute Gasteiger partial charge is 0.484 e. The second kappa shape index (κ2) is 9.87. The minimum atomic E-state index is -1.22. The highest BCUT2D eigenvalue weighted by atomic mass is 35.5. The number of hydrogen-bond acceptors (Lipinski definition) is 5. The molecular weight excluding hydrogens is 509 g/mol. The molecular formula is C26H20ClF3N4O3. The van der Waals surface area contributed by atoms with Gasteiger partial charge >= 0.3 is 5.97 Å². The molecule has 2 aromatic carbocycles. The van der Waals surface area contributed by atoms with Crippen molar-refractivity contribution in [1.82, 2.24) is 19.4 Å². The predicted molar refractivity (Wildman–Crippen MR) is 131 cm³/mol. The van der Waals surface area contributed by atoms with E-state index in [2.05, 4.69) is 9.97 Å². The summed E-state index contributed by atoms with van der Waals surface area (Å²) >= 11 is 5.76. The van der Waals surface area contributed by atoms with Crippen LogP contribution in [0.2, 0.25) is 5.02 Å². The zero-order valence-electron chi connectivity index (χ0n) is 19.5. The van der Waals surface area contributed by atoms with E-state index in [0.29, 0.717) is 42.2 Å². The van der Waals surface area contributed by atoms with Crippen molar-refractivity contribution in [3.63, 3.8) is 0 Å². The number of halogens is 4. The molecule has 0 saturated heterocycles. The Hall–Kier alpha value is -3.89. The number of imidazole rings is 1. The van der Waals surface area contributed by atoms with Crippen molar-refractivity contribution < 1.29 is 27.8 Å². The Morgan fingerprint density at radius 2 is 1.95 bits per heavy atom. The van der Waals surface area contributed by atoms with E-state index in [0.717, 1.165) is 23.9 Å².